The average Bonchev–Trinajstić information content (AvgIpc) is 3.31. The number of halogens is 1. The summed E-state index contributed by atoms with van der Waals surface area (Å²) in [5.74, 6) is -0.00667. The van der Waals surface area contributed by atoms with Crippen LogP contribution >= 0.6 is 15.9 Å². The molecule has 8 heteroatoms. The second-order valence-electron chi connectivity index (χ2n) is 6.62. The number of ether oxygens (including phenoxy) is 1. The third-order valence-electron chi connectivity index (χ3n) is 4.82. The topological polar surface area (TPSA) is 75.7 Å². The van der Waals surface area contributed by atoms with Crippen molar-refractivity contribution in [2.75, 3.05) is 22.8 Å². The van der Waals surface area contributed by atoms with Gasteiger partial charge in [0.2, 0.25) is 0 Å². The Bertz CT molecular complexity index is 987. The van der Waals surface area contributed by atoms with E-state index in [0.29, 0.717) is 29.7 Å². The van der Waals surface area contributed by atoms with Crippen molar-refractivity contribution in [3.05, 3.63) is 52.5 Å². The Morgan fingerprint density at radius 1 is 1.22 bits per heavy atom. The zero-order chi connectivity index (χ0) is 19.0. The molecule has 1 atom stereocenters. The van der Waals surface area contributed by atoms with Crippen LogP contribution in [0.5, 0.6) is 0 Å². The Morgan fingerprint density at radius 2 is 2.04 bits per heavy atom. The third kappa shape index (κ3) is 3.61. The number of carbonyl (C=O) groups is 1. The smallest absolute Gasteiger partial charge is 0.263 e. The number of fused-ring (bicyclic) bond motifs is 1. The van der Waals surface area contributed by atoms with E-state index in [2.05, 4.69) is 20.7 Å². The Kier molecular flexibility index (Phi) is 4.96. The molecule has 142 valence electrons. The largest absolute Gasteiger partial charge is 0.368 e. The molecule has 1 fully saturated rings. The molecular weight excluding hydrogens is 432 g/mol. The predicted octanol–water partition coefficient (Wildman–Crippen LogP) is 3.32. The van der Waals surface area contributed by atoms with Crippen molar-refractivity contribution >= 4 is 43.2 Å². The van der Waals surface area contributed by atoms with Gasteiger partial charge in [-0.05, 0) is 71.1 Å². The molecule has 0 aromatic heterocycles. The van der Waals surface area contributed by atoms with E-state index in [9.17, 15) is 13.2 Å². The molecule has 1 unspecified atom stereocenters. The first-order chi connectivity index (χ1) is 13.0. The number of amides is 1. The number of carbonyl (C=O) groups excluding carboxylic acids is 1. The van der Waals surface area contributed by atoms with Gasteiger partial charge in [-0.15, -0.1) is 0 Å². The van der Waals surface area contributed by atoms with Gasteiger partial charge in [-0.25, -0.2) is 8.42 Å². The summed E-state index contributed by atoms with van der Waals surface area (Å²) < 4.78 is 33.9. The molecule has 2 aromatic rings. The first kappa shape index (κ1) is 18.5. The van der Waals surface area contributed by atoms with Crippen LogP contribution in [0.2, 0.25) is 0 Å². The lowest BCUT2D eigenvalue weighted by atomic mass is 10.1. The average molecular weight is 451 g/mol. The van der Waals surface area contributed by atoms with Gasteiger partial charge in [-0.3, -0.25) is 9.52 Å². The molecule has 2 heterocycles. The van der Waals surface area contributed by atoms with Crippen LogP contribution in [0.4, 0.5) is 11.4 Å². The minimum absolute atomic E-state index is 0.00667. The highest BCUT2D eigenvalue weighted by atomic mass is 79.9. The normalized spacial score (nSPS) is 19.1. The lowest BCUT2D eigenvalue weighted by molar-refractivity contribution is -0.127. The fourth-order valence-electron chi connectivity index (χ4n) is 3.51. The zero-order valence-electron chi connectivity index (χ0n) is 14.5. The second-order valence-corrected chi connectivity index (χ2v) is 9.13. The number of anilines is 2. The summed E-state index contributed by atoms with van der Waals surface area (Å²) in [4.78, 5) is 14.6. The first-order valence-electron chi connectivity index (χ1n) is 8.79. The maximum absolute atomic E-state index is 12.6. The number of sulfonamides is 1. The highest BCUT2D eigenvalue weighted by molar-refractivity contribution is 9.10. The molecule has 4 rings (SSSR count). The van der Waals surface area contributed by atoms with Crippen molar-refractivity contribution in [2.45, 2.75) is 30.3 Å². The molecule has 27 heavy (non-hydrogen) atoms. The summed E-state index contributed by atoms with van der Waals surface area (Å²) in [5.41, 5.74) is 2.27. The molecule has 0 saturated carbocycles. The predicted molar refractivity (Wildman–Crippen MR) is 106 cm³/mol. The van der Waals surface area contributed by atoms with Gasteiger partial charge in [-0.1, -0.05) is 12.1 Å². The Balaban J connectivity index is 1.56. The molecular formula is C19H19BrN2O4S. The van der Waals surface area contributed by atoms with Crippen molar-refractivity contribution in [3.8, 4) is 0 Å². The highest BCUT2D eigenvalue weighted by Gasteiger charge is 2.32. The molecule has 0 radical (unpaired) electrons. The van der Waals surface area contributed by atoms with E-state index in [1.54, 1.807) is 47.4 Å². The summed E-state index contributed by atoms with van der Waals surface area (Å²) >= 11 is 3.28. The van der Waals surface area contributed by atoms with E-state index in [-0.39, 0.29) is 16.9 Å². The second kappa shape index (κ2) is 7.26. The molecule has 1 amide bonds. The molecule has 2 aliphatic rings. The molecule has 0 aliphatic carbocycles. The Labute approximate surface area is 166 Å². The number of nitrogens with zero attached hydrogens (tertiary/aromatic N) is 1. The lowest BCUT2D eigenvalue weighted by Crippen LogP contribution is -2.37. The van der Waals surface area contributed by atoms with Crippen molar-refractivity contribution in [1.29, 1.82) is 0 Å². The number of hydrogen-bond acceptors (Lipinski definition) is 4. The van der Waals surface area contributed by atoms with Gasteiger partial charge in [0.05, 0.1) is 0 Å². The lowest BCUT2D eigenvalue weighted by Gasteiger charge is -2.21. The van der Waals surface area contributed by atoms with Gasteiger partial charge in [0.25, 0.3) is 15.9 Å². The van der Waals surface area contributed by atoms with Crippen LogP contribution in [-0.4, -0.2) is 33.6 Å². The quantitative estimate of drug-likeness (QED) is 0.774. The molecule has 1 N–H and O–H groups in total. The summed E-state index contributed by atoms with van der Waals surface area (Å²) in [6, 6.07) is 12.0. The molecule has 2 aliphatic heterocycles. The summed E-state index contributed by atoms with van der Waals surface area (Å²) in [6.45, 7) is 1.22. The standard InChI is InChI=1S/C19H19BrN2O4S/c20-15-4-1-2-6-18(15)27(24,25)21-14-7-8-16-13(12-14)9-10-22(16)19(23)17-5-3-11-26-17/h1-2,4,6-8,12,17,21H,3,5,9-11H2. The molecule has 1 saturated heterocycles. The SMILES string of the molecule is O=C(C1CCCO1)N1CCc2cc(NS(=O)(=O)c3ccccc3Br)ccc21. The minimum atomic E-state index is -3.70. The van der Waals surface area contributed by atoms with Gasteiger partial charge in [-0.2, -0.15) is 0 Å². The van der Waals surface area contributed by atoms with Gasteiger partial charge >= 0.3 is 0 Å². The Morgan fingerprint density at radius 3 is 2.78 bits per heavy atom. The van der Waals surface area contributed by atoms with Crippen molar-refractivity contribution in [2.24, 2.45) is 0 Å². The fourth-order valence-corrected chi connectivity index (χ4v) is 5.57. The van der Waals surface area contributed by atoms with Gasteiger partial charge in [0.1, 0.15) is 11.0 Å². The van der Waals surface area contributed by atoms with Crippen LogP contribution in [0.3, 0.4) is 0 Å². The number of rotatable bonds is 4. The zero-order valence-corrected chi connectivity index (χ0v) is 16.9. The van der Waals surface area contributed by atoms with E-state index in [1.165, 1.54) is 0 Å². The van der Waals surface area contributed by atoms with Crippen molar-refractivity contribution < 1.29 is 17.9 Å². The summed E-state index contributed by atoms with van der Waals surface area (Å²) in [6.07, 6.45) is 2.00. The van der Waals surface area contributed by atoms with E-state index in [4.69, 9.17) is 4.74 Å². The minimum Gasteiger partial charge on any atom is -0.368 e. The van der Waals surface area contributed by atoms with Gasteiger partial charge in [0.15, 0.2) is 0 Å². The highest BCUT2D eigenvalue weighted by Crippen LogP contribution is 2.33. The maximum atomic E-state index is 12.6. The van der Waals surface area contributed by atoms with Crippen LogP contribution in [-0.2, 0) is 26.0 Å². The monoisotopic (exact) mass is 450 g/mol. The van der Waals surface area contributed by atoms with E-state index in [1.807, 2.05) is 0 Å². The molecule has 6 nitrogen and oxygen atoms in total. The van der Waals surface area contributed by atoms with Crippen molar-refractivity contribution in [3.63, 3.8) is 0 Å². The van der Waals surface area contributed by atoms with E-state index >= 15 is 0 Å². The molecule has 0 bridgehead atoms. The number of hydrogen-bond donors (Lipinski definition) is 1. The van der Waals surface area contributed by atoms with Crippen LogP contribution in [0, 0.1) is 0 Å². The third-order valence-corrected chi connectivity index (χ3v) is 7.22. The van der Waals surface area contributed by atoms with Crippen LogP contribution in [0.1, 0.15) is 18.4 Å². The molecule has 2 aromatic carbocycles. The Hall–Kier alpha value is -1.90. The number of benzene rings is 2. The fraction of sp³-hybridized carbons (Fsp3) is 0.316. The number of nitrogens with one attached hydrogen (secondary N) is 1. The van der Waals surface area contributed by atoms with Crippen LogP contribution in [0.25, 0.3) is 0 Å². The summed E-state index contributed by atoms with van der Waals surface area (Å²) in [7, 11) is -3.70. The van der Waals surface area contributed by atoms with Crippen LogP contribution in [0.15, 0.2) is 51.8 Å². The van der Waals surface area contributed by atoms with Gasteiger partial charge in [0, 0.05) is 29.0 Å². The van der Waals surface area contributed by atoms with Gasteiger partial charge < -0.3 is 9.64 Å². The van der Waals surface area contributed by atoms with E-state index < -0.39 is 10.0 Å². The van der Waals surface area contributed by atoms with Crippen molar-refractivity contribution in [1.82, 2.24) is 0 Å². The first-order valence-corrected chi connectivity index (χ1v) is 11.1. The summed E-state index contributed by atoms with van der Waals surface area (Å²) in [5, 5.41) is 0. The van der Waals surface area contributed by atoms with E-state index in [0.717, 1.165) is 24.1 Å². The molecule has 0 spiro atoms. The van der Waals surface area contributed by atoms with Crippen LogP contribution < -0.4 is 9.62 Å². The maximum Gasteiger partial charge on any atom is 0.263 e.